The van der Waals surface area contributed by atoms with Crippen molar-refractivity contribution in [3.63, 3.8) is 0 Å². The van der Waals surface area contributed by atoms with Crippen molar-refractivity contribution in [3.8, 4) is 5.75 Å². The second-order valence-electron chi connectivity index (χ2n) is 6.48. The molecule has 0 fully saturated rings. The molecule has 0 spiro atoms. The van der Waals surface area contributed by atoms with E-state index in [1.54, 1.807) is 12.1 Å². The number of H-pyrrole nitrogens is 1. The van der Waals surface area contributed by atoms with Gasteiger partial charge in [-0.1, -0.05) is 18.2 Å². The molecule has 3 nitrogen and oxygen atoms in total. The fourth-order valence-corrected chi connectivity index (χ4v) is 3.40. The van der Waals surface area contributed by atoms with Gasteiger partial charge in [0, 0.05) is 36.1 Å². The molecule has 0 unspecified atom stereocenters. The second-order valence-corrected chi connectivity index (χ2v) is 6.48. The smallest absolute Gasteiger partial charge is 0.129 e. The number of nitrogens with one attached hydrogen (secondary N) is 1. The van der Waals surface area contributed by atoms with E-state index in [2.05, 4.69) is 23.0 Å². The molecule has 1 aliphatic heterocycles. The molecule has 0 bridgehead atoms. The maximum atomic E-state index is 13.0. The van der Waals surface area contributed by atoms with Gasteiger partial charge in [0.25, 0.3) is 0 Å². The molecule has 0 aliphatic carbocycles. The monoisotopic (exact) mass is 324 g/mol. The third-order valence-corrected chi connectivity index (χ3v) is 4.77. The Balaban J connectivity index is 1.65. The van der Waals surface area contributed by atoms with E-state index in [0.29, 0.717) is 6.61 Å². The van der Waals surface area contributed by atoms with E-state index in [4.69, 9.17) is 4.74 Å². The zero-order valence-electron chi connectivity index (χ0n) is 13.8. The lowest BCUT2D eigenvalue weighted by Crippen LogP contribution is -2.21. The highest BCUT2D eigenvalue weighted by Crippen LogP contribution is 2.33. The van der Waals surface area contributed by atoms with Crippen molar-refractivity contribution in [2.75, 3.05) is 20.1 Å². The summed E-state index contributed by atoms with van der Waals surface area (Å²) in [7, 11) is 2.17. The van der Waals surface area contributed by atoms with Gasteiger partial charge in [0.05, 0.1) is 0 Å². The molecule has 0 saturated carbocycles. The first-order chi connectivity index (χ1) is 11.7. The Kier molecular flexibility index (Phi) is 3.98. The quantitative estimate of drug-likeness (QED) is 0.791. The molecule has 0 atom stereocenters. The van der Waals surface area contributed by atoms with Crippen LogP contribution in [0.1, 0.15) is 16.8 Å². The number of likely N-dealkylation sites (N-methyl/N-ethyl adjacent to an activating group) is 1. The average Bonchev–Trinajstić information content (AvgIpc) is 2.86. The molecular formula is C20H21FN2O. The van der Waals surface area contributed by atoms with E-state index < -0.39 is 0 Å². The van der Waals surface area contributed by atoms with Crippen LogP contribution in [-0.4, -0.2) is 30.0 Å². The van der Waals surface area contributed by atoms with Gasteiger partial charge in [0.1, 0.15) is 18.2 Å². The van der Waals surface area contributed by atoms with Crippen LogP contribution in [0.15, 0.2) is 42.5 Å². The lowest BCUT2D eigenvalue weighted by Gasteiger charge is -2.12. The van der Waals surface area contributed by atoms with Gasteiger partial charge in [0.2, 0.25) is 0 Å². The van der Waals surface area contributed by atoms with Crippen molar-refractivity contribution in [2.24, 2.45) is 0 Å². The van der Waals surface area contributed by atoms with Crippen molar-refractivity contribution in [1.82, 2.24) is 9.88 Å². The fraction of sp³-hybridized carbons (Fsp3) is 0.300. The first-order valence-corrected chi connectivity index (χ1v) is 8.39. The number of benzene rings is 2. The summed E-state index contributed by atoms with van der Waals surface area (Å²) in [6, 6.07) is 12.6. The summed E-state index contributed by atoms with van der Waals surface area (Å²) in [5.74, 6) is 0.680. The van der Waals surface area contributed by atoms with E-state index in [9.17, 15) is 4.39 Å². The largest absolute Gasteiger partial charge is 0.488 e. The van der Waals surface area contributed by atoms with Crippen LogP contribution < -0.4 is 4.74 Å². The van der Waals surface area contributed by atoms with Gasteiger partial charge < -0.3 is 14.6 Å². The maximum absolute atomic E-state index is 13.0. The van der Waals surface area contributed by atoms with E-state index in [-0.39, 0.29) is 5.82 Å². The molecule has 0 radical (unpaired) electrons. The summed E-state index contributed by atoms with van der Waals surface area (Å²) in [5, 5.41) is 1.20. The second kappa shape index (κ2) is 6.29. The number of halogens is 1. The Hall–Kier alpha value is -2.33. The standard InChI is InChI=1S/C20H21FN2O/c1-23-11-9-16-17(10-12-23)22-18-3-2-4-19(20(16)18)24-13-14-5-7-15(21)8-6-14/h2-8,22H,9-13H2,1H3. The van der Waals surface area contributed by atoms with Crippen LogP contribution in [-0.2, 0) is 19.4 Å². The molecule has 24 heavy (non-hydrogen) atoms. The van der Waals surface area contributed by atoms with Gasteiger partial charge in [0.15, 0.2) is 0 Å². The number of rotatable bonds is 3. The Morgan fingerprint density at radius 2 is 1.88 bits per heavy atom. The van der Waals surface area contributed by atoms with Gasteiger partial charge >= 0.3 is 0 Å². The highest BCUT2D eigenvalue weighted by atomic mass is 19.1. The third-order valence-electron chi connectivity index (χ3n) is 4.77. The fourth-order valence-electron chi connectivity index (χ4n) is 3.40. The number of ether oxygens (including phenoxy) is 1. The zero-order valence-corrected chi connectivity index (χ0v) is 13.8. The van der Waals surface area contributed by atoms with Crippen LogP contribution in [0.5, 0.6) is 5.75 Å². The summed E-state index contributed by atoms with van der Waals surface area (Å²) in [6.45, 7) is 2.58. The molecule has 1 aromatic heterocycles. The van der Waals surface area contributed by atoms with E-state index in [0.717, 1.165) is 42.8 Å². The van der Waals surface area contributed by atoms with Gasteiger partial charge in [-0.2, -0.15) is 0 Å². The highest BCUT2D eigenvalue weighted by Gasteiger charge is 2.19. The van der Waals surface area contributed by atoms with Crippen LogP contribution >= 0.6 is 0 Å². The normalized spacial score (nSPS) is 15.2. The van der Waals surface area contributed by atoms with Crippen LogP contribution in [0.3, 0.4) is 0 Å². The Morgan fingerprint density at radius 3 is 2.71 bits per heavy atom. The summed E-state index contributed by atoms with van der Waals surface area (Å²) in [4.78, 5) is 5.93. The van der Waals surface area contributed by atoms with Gasteiger partial charge in [-0.25, -0.2) is 4.39 Å². The molecule has 0 saturated heterocycles. The zero-order chi connectivity index (χ0) is 16.5. The molecule has 0 amide bonds. The number of hydrogen-bond acceptors (Lipinski definition) is 2. The minimum atomic E-state index is -0.221. The molecule has 1 N–H and O–H groups in total. The van der Waals surface area contributed by atoms with Gasteiger partial charge in [-0.05, 0) is 48.9 Å². The van der Waals surface area contributed by atoms with Crippen LogP contribution in [0.25, 0.3) is 10.9 Å². The first kappa shape index (κ1) is 15.2. The molecule has 124 valence electrons. The summed E-state index contributed by atoms with van der Waals surface area (Å²) in [5.41, 5.74) is 4.81. The van der Waals surface area contributed by atoms with E-state index >= 15 is 0 Å². The van der Waals surface area contributed by atoms with Crippen molar-refractivity contribution < 1.29 is 9.13 Å². The van der Waals surface area contributed by atoms with Gasteiger partial charge in [-0.3, -0.25) is 0 Å². The van der Waals surface area contributed by atoms with Crippen molar-refractivity contribution in [1.29, 1.82) is 0 Å². The Labute approximate surface area is 141 Å². The van der Waals surface area contributed by atoms with E-state index in [1.807, 2.05) is 12.1 Å². The van der Waals surface area contributed by atoms with Crippen LogP contribution in [0, 0.1) is 5.82 Å². The molecular weight excluding hydrogens is 303 g/mol. The lowest BCUT2D eigenvalue weighted by molar-refractivity contribution is 0.309. The molecule has 2 aromatic carbocycles. The summed E-state index contributed by atoms with van der Waals surface area (Å²) < 4.78 is 19.1. The predicted octanol–water partition coefficient (Wildman–Crippen LogP) is 3.92. The van der Waals surface area contributed by atoms with Crippen molar-refractivity contribution >= 4 is 10.9 Å². The topological polar surface area (TPSA) is 28.3 Å². The van der Waals surface area contributed by atoms with Crippen molar-refractivity contribution in [2.45, 2.75) is 19.4 Å². The number of hydrogen-bond donors (Lipinski definition) is 1. The van der Waals surface area contributed by atoms with Crippen molar-refractivity contribution in [3.05, 3.63) is 65.1 Å². The molecule has 2 heterocycles. The predicted molar refractivity (Wildman–Crippen MR) is 93.9 cm³/mol. The highest BCUT2D eigenvalue weighted by molar-refractivity contribution is 5.90. The number of fused-ring (bicyclic) bond motifs is 3. The molecule has 4 heteroatoms. The van der Waals surface area contributed by atoms with Gasteiger partial charge in [-0.15, -0.1) is 0 Å². The molecule has 1 aliphatic rings. The van der Waals surface area contributed by atoms with Crippen LogP contribution in [0.2, 0.25) is 0 Å². The maximum Gasteiger partial charge on any atom is 0.129 e. The van der Waals surface area contributed by atoms with E-state index in [1.165, 1.54) is 28.8 Å². The summed E-state index contributed by atoms with van der Waals surface area (Å²) in [6.07, 6.45) is 2.07. The molecule has 4 rings (SSSR count). The summed E-state index contributed by atoms with van der Waals surface area (Å²) >= 11 is 0. The minimum absolute atomic E-state index is 0.221. The Bertz CT molecular complexity index is 854. The SMILES string of the molecule is CN1CCc2[nH]c3cccc(OCc4ccc(F)cc4)c3c2CC1. The molecule has 3 aromatic rings. The number of aromatic nitrogens is 1. The number of aromatic amines is 1. The third kappa shape index (κ3) is 2.89. The average molecular weight is 324 g/mol. The lowest BCUT2D eigenvalue weighted by atomic mass is 10.1. The Morgan fingerprint density at radius 1 is 1.08 bits per heavy atom. The number of nitrogens with zero attached hydrogens (tertiary/aromatic N) is 1. The first-order valence-electron chi connectivity index (χ1n) is 8.39. The minimum Gasteiger partial charge on any atom is -0.488 e. The van der Waals surface area contributed by atoms with Crippen LogP contribution in [0.4, 0.5) is 4.39 Å².